The van der Waals surface area contributed by atoms with Gasteiger partial charge in [0, 0.05) is 66.9 Å². The number of rotatable bonds is 2. The molecule has 2 aliphatic heterocycles. The number of aromatic nitrogens is 1. The molecule has 3 heterocycles. The lowest BCUT2D eigenvalue weighted by Gasteiger charge is -2.29. The van der Waals surface area contributed by atoms with Gasteiger partial charge < -0.3 is 15.0 Å². The fraction of sp³-hybridized carbons (Fsp3) is 0.364. The van der Waals surface area contributed by atoms with Crippen LogP contribution in [0.2, 0.25) is 5.02 Å². The molecule has 28 heavy (non-hydrogen) atoms. The molecule has 5 nitrogen and oxygen atoms in total. The van der Waals surface area contributed by atoms with Gasteiger partial charge in [-0.2, -0.15) is 0 Å². The Morgan fingerprint density at radius 1 is 1.29 bits per heavy atom. The van der Waals surface area contributed by atoms with E-state index >= 15 is 0 Å². The van der Waals surface area contributed by atoms with Crippen LogP contribution in [0.25, 0.3) is 16.7 Å². The summed E-state index contributed by atoms with van der Waals surface area (Å²) in [6, 6.07) is 5.89. The Kier molecular flexibility index (Phi) is 4.37. The molecular weight excluding hydrogens is 374 g/mol. The molecule has 2 aromatic rings. The van der Waals surface area contributed by atoms with E-state index in [0.717, 1.165) is 66.3 Å². The molecule has 1 atom stereocenters. The van der Waals surface area contributed by atoms with Crippen LogP contribution in [-0.2, 0) is 17.6 Å². The minimum absolute atomic E-state index is 0.0656. The van der Waals surface area contributed by atoms with Crippen molar-refractivity contribution in [3.05, 3.63) is 52.3 Å². The maximum atomic E-state index is 13.0. The summed E-state index contributed by atoms with van der Waals surface area (Å²) in [5, 5.41) is 3.94. The number of pyridine rings is 1. The Bertz CT molecular complexity index is 996. The van der Waals surface area contributed by atoms with Gasteiger partial charge in [-0.25, -0.2) is 0 Å². The number of carbonyl (C=O) groups is 1. The lowest BCUT2D eigenvalue weighted by molar-refractivity contribution is -0.138. The smallest absolute Gasteiger partial charge is 0.264 e. The molecule has 0 radical (unpaired) electrons. The van der Waals surface area contributed by atoms with Crippen molar-refractivity contribution in [2.24, 2.45) is 0 Å². The minimum Gasteiger partial charge on any atom is -0.479 e. The highest BCUT2D eigenvalue weighted by atomic mass is 35.5. The largest absolute Gasteiger partial charge is 0.479 e. The van der Waals surface area contributed by atoms with E-state index in [1.54, 1.807) is 0 Å². The number of carbonyl (C=O) groups excluding carboxylic acids is 1. The number of benzene rings is 1. The standard InChI is InChI=1S/C22H22ClN3O2/c1-13-2-3-18-20(13)16(4-5-25-18)17-12-15(23)10-14-11-19(28-21(14)17)22(27)26-8-6-24-7-9-26/h2,4-5,10,12,19,24H,3,6-9,11H2,1H3. The fourth-order valence-corrected chi connectivity index (χ4v) is 4.67. The number of fused-ring (bicyclic) bond motifs is 2. The third-order valence-electron chi connectivity index (χ3n) is 5.82. The highest BCUT2D eigenvalue weighted by Gasteiger charge is 2.35. The van der Waals surface area contributed by atoms with E-state index in [4.69, 9.17) is 16.3 Å². The van der Waals surface area contributed by atoms with Gasteiger partial charge in [0.2, 0.25) is 0 Å². The molecule has 1 N–H and O–H groups in total. The molecule has 1 saturated heterocycles. The summed E-state index contributed by atoms with van der Waals surface area (Å²) in [6.45, 7) is 5.23. The second-order valence-corrected chi connectivity index (χ2v) is 8.04. The number of halogens is 1. The SMILES string of the molecule is CC1=CCc2nccc(-c3cc(Cl)cc4c3OC(C(=O)N3CCNCC3)C4)c21. The van der Waals surface area contributed by atoms with Crippen molar-refractivity contribution in [1.29, 1.82) is 0 Å². The average Bonchev–Trinajstić information content (AvgIpc) is 3.31. The van der Waals surface area contributed by atoms with Crippen molar-refractivity contribution < 1.29 is 9.53 Å². The van der Waals surface area contributed by atoms with Gasteiger partial charge in [0.15, 0.2) is 6.10 Å². The average molecular weight is 396 g/mol. The minimum atomic E-state index is -0.475. The molecule has 0 saturated carbocycles. The zero-order valence-corrected chi connectivity index (χ0v) is 16.6. The van der Waals surface area contributed by atoms with Crippen LogP contribution in [0, 0.1) is 0 Å². The second-order valence-electron chi connectivity index (χ2n) is 7.60. The van der Waals surface area contributed by atoms with E-state index in [2.05, 4.69) is 23.3 Å². The fourth-order valence-electron chi connectivity index (χ4n) is 4.43. The maximum Gasteiger partial charge on any atom is 0.264 e. The predicted octanol–water partition coefficient (Wildman–Crippen LogP) is 3.10. The normalized spacial score (nSPS) is 20.4. The van der Waals surface area contributed by atoms with Gasteiger partial charge >= 0.3 is 0 Å². The van der Waals surface area contributed by atoms with Crippen molar-refractivity contribution in [1.82, 2.24) is 15.2 Å². The number of allylic oxidation sites excluding steroid dienone is 2. The van der Waals surface area contributed by atoms with Crippen molar-refractivity contribution in [2.45, 2.75) is 25.9 Å². The number of hydrogen-bond acceptors (Lipinski definition) is 4. The summed E-state index contributed by atoms with van der Waals surface area (Å²) in [5.74, 6) is 0.849. The number of nitrogens with zero attached hydrogens (tertiary/aromatic N) is 2. The summed E-state index contributed by atoms with van der Waals surface area (Å²) in [7, 11) is 0. The molecule has 1 amide bonds. The van der Waals surface area contributed by atoms with E-state index in [-0.39, 0.29) is 5.91 Å². The summed E-state index contributed by atoms with van der Waals surface area (Å²) >= 11 is 6.45. The first-order chi connectivity index (χ1) is 13.6. The Hall–Kier alpha value is -2.37. The molecule has 1 aromatic carbocycles. The Morgan fingerprint density at radius 2 is 2.11 bits per heavy atom. The lowest BCUT2D eigenvalue weighted by atomic mass is 9.94. The van der Waals surface area contributed by atoms with Crippen LogP contribution in [0.1, 0.15) is 23.7 Å². The molecule has 6 heteroatoms. The van der Waals surface area contributed by atoms with Crippen LogP contribution in [0.15, 0.2) is 30.5 Å². The zero-order valence-electron chi connectivity index (χ0n) is 15.8. The zero-order chi connectivity index (χ0) is 19.3. The van der Waals surface area contributed by atoms with Crippen molar-refractivity contribution >= 4 is 23.1 Å². The van der Waals surface area contributed by atoms with Crippen LogP contribution in [0.5, 0.6) is 5.75 Å². The van der Waals surface area contributed by atoms with E-state index < -0.39 is 6.10 Å². The first-order valence-corrected chi connectivity index (χ1v) is 10.1. The van der Waals surface area contributed by atoms with Gasteiger partial charge in [0.05, 0.1) is 5.69 Å². The summed E-state index contributed by atoms with van der Waals surface area (Å²) in [5.41, 5.74) is 6.48. The highest BCUT2D eigenvalue weighted by Crippen LogP contribution is 2.45. The van der Waals surface area contributed by atoms with Gasteiger partial charge in [0.1, 0.15) is 5.75 Å². The second kappa shape index (κ2) is 6.90. The number of ether oxygens (including phenoxy) is 1. The van der Waals surface area contributed by atoms with Gasteiger partial charge in [-0.3, -0.25) is 9.78 Å². The number of hydrogen-bond donors (Lipinski definition) is 1. The summed E-state index contributed by atoms with van der Waals surface area (Å²) in [4.78, 5) is 19.4. The van der Waals surface area contributed by atoms with Gasteiger partial charge in [-0.15, -0.1) is 0 Å². The number of amides is 1. The number of piperazine rings is 1. The molecule has 0 bridgehead atoms. The van der Waals surface area contributed by atoms with Crippen LogP contribution in [0.4, 0.5) is 0 Å². The first kappa shape index (κ1) is 17.7. The molecule has 3 aliphatic rings. The first-order valence-electron chi connectivity index (χ1n) is 9.76. The van der Waals surface area contributed by atoms with Crippen molar-refractivity contribution in [2.75, 3.05) is 26.2 Å². The molecule has 144 valence electrons. The van der Waals surface area contributed by atoms with Crippen LogP contribution >= 0.6 is 11.6 Å². The predicted molar refractivity (Wildman–Crippen MR) is 110 cm³/mol. The van der Waals surface area contributed by atoms with Crippen molar-refractivity contribution in [3.63, 3.8) is 0 Å². The summed E-state index contributed by atoms with van der Waals surface area (Å²) < 4.78 is 6.25. The third-order valence-corrected chi connectivity index (χ3v) is 6.03. The maximum absolute atomic E-state index is 13.0. The molecule has 1 aliphatic carbocycles. The Morgan fingerprint density at radius 3 is 2.93 bits per heavy atom. The Labute approximate surface area is 169 Å². The molecule has 1 fully saturated rings. The monoisotopic (exact) mass is 395 g/mol. The van der Waals surface area contributed by atoms with E-state index in [1.165, 1.54) is 5.57 Å². The molecular formula is C22H22ClN3O2. The van der Waals surface area contributed by atoms with Crippen molar-refractivity contribution in [3.8, 4) is 16.9 Å². The van der Waals surface area contributed by atoms with E-state index in [0.29, 0.717) is 11.4 Å². The summed E-state index contributed by atoms with van der Waals surface area (Å²) in [6.07, 6.45) is 4.98. The quantitative estimate of drug-likeness (QED) is 0.849. The molecule has 1 unspecified atom stereocenters. The van der Waals surface area contributed by atoms with Gasteiger partial charge in [-0.05, 0) is 36.3 Å². The van der Waals surface area contributed by atoms with Crippen LogP contribution < -0.4 is 10.1 Å². The van der Waals surface area contributed by atoms with Crippen LogP contribution in [-0.4, -0.2) is 48.1 Å². The van der Waals surface area contributed by atoms with Gasteiger partial charge in [0.25, 0.3) is 5.91 Å². The molecule has 1 aromatic heterocycles. The van der Waals surface area contributed by atoms with E-state index in [1.807, 2.05) is 29.3 Å². The number of nitrogens with one attached hydrogen (secondary N) is 1. The molecule has 0 spiro atoms. The van der Waals surface area contributed by atoms with Gasteiger partial charge in [-0.1, -0.05) is 17.7 Å². The van der Waals surface area contributed by atoms with E-state index in [9.17, 15) is 4.79 Å². The Balaban J connectivity index is 1.53. The topological polar surface area (TPSA) is 54.5 Å². The highest BCUT2D eigenvalue weighted by molar-refractivity contribution is 6.31. The lowest BCUT2D eigenvalue weighted by Crippen LogP contribution is -2.50. The third kappa shape index (κ3) is 2.90. The van der Waals surface area contributed by atoms with Crippen LogP contribution in [0.3, 0.4) is 0 Å². The molecule has 5 rings (SSSR count).